The SMILES string of the molecule is CN1CCC(N(Cc2cc(Br)cc(C(C)(C)C)c2)C(=O)OC(C)(C)C)CC1. The van der Waals surface area contributed by atoms with Gasteiger partial charge >= 0.3 is 6.09 Å². The summed E-state index contributed by atoms with van der Waals surface area (Å²) in [6.45, 7) is 15.0. The van der Waals surface area contributed by atoms with Gasteiger partial charge in [-0.15, -0.1) is 0 Å². The van der Waals surface area contributed by atoms with Gasteiger partial charge in [0.05, 0.1) is 0 Å². The first-order chi connectivity index (χ1) is 12.3. The summed E-state index contributed by atoms with van der Waals surface area (Å²) in [6.07, 6.45) is 1.75. The highest BCUT2D eigenvalue weighted by Gasteiger charge is 2.31. The average Bonchev–Trinajstić information content (AvgIpc) is 2.50. The van der Waals surface area contributed by atoms with Crippen molar-refractivity contribution < 1.29 is 9.53 Å². The largest absolute Gasteiger partial charge is 0.444 e. The molecule has 2 rings (SSSR count). The number of carbonyl (C=O) groups excluding carboxylic acids is 1. The Kier molecular flexibility index (Phi) is 7.01. The van der Waals surface area contributed by atoms with Gasteiger partial charge in [0.2, 0.25) is 0 Å². The lowest BCUT2D eigenvalue weighted by Crippen LogP contribution is -2.47. The second-order valence-corrected chi connectivity index (χ2v) is 10.7. The van der Waals surface area contributed by atoms with Crippen molar-refractivity contribution in [3.63, 3.8) is 0 Å². The number of carbonyl (C=O) groups is 1. The van der Waals surface area contributed by atoms with Gasteiger partial charge in [-0.05, 0) is 82.4 Å². The lowest BCUT2D eigenvalue weighted by molar-refractivity contribution is 0.00687. The zero-order valence-electron chi connectivity index (χ0n) is 17.9. The topological polar surface area (TPSA) is 32.8 Å². The summed E-state index contributed by atoms with van der Waals surface area (Å²) in [5, 5.41) is 0. The molecule has 0 aromatic heterocycles. The number of hydrogen-bond donors (Lipinski definition) is 0. The predicted molar refractivity (Wildman–Crippen MR) is 115 cm³/mol. The van der Waals surface area contributed by atoms with Crippen molar-refractivity contribution in [3.8, 4) is 0 Å². The molecule has 5 heteroatoms. The molecule has 152 valence electrons. The van der Waals surface area contributed by atoms with Crippen LogP contribution < -0.4 is 0 Å². The van der Waals surface area contributed by atoms with E-state index in [0.717, 1.165) is 36.0 Å². The molecule has 0 radical (unpaired) electrons. The van der Waals surface area contributed by atoms with Crippen LogP contribution in [0, 0.1) is 0 Å². The molecule has 1 aliphatic heterocycles. The van der Waals surface area contributed by atoms with Crippen LogP contribution in [0.25, 0.3) is 0 Å². The maximum Gasteiger partial charge on any atom is 0.410 e. The van der Waals surface area contributed by atoms with Gasteiger partial charge < -0.3 is 14.5 Å². The number of hydrogen-bond acceptors (Lipinski definition) is 3. The van der Waals surface area contributed by atoms with Gasteiger partial charge in [-0.25, -0.2) is 4.79 Å². The number of likely N-dealkylation sites (tertiary alicyclic amines) is 1. The zero-order valence-corrected chi connectivity index (χ0v) is 19.5. The van der Waals surface area contributed by atoms with E-state index in [9.17, 15) is 4.79 Å². The van der Waals surface area contributed by atoms with E-state index in [-0.39, 0.29) is 17.6 Å². The van der Waals surface area contributed by atoms with Gasteiger partial charge in [-0.1, -0.05) is 42.8 Å². The van der Waals surface area contributed by atoms with Crippen molar-refractivity contribution >= 4 is 22.0 Å². The number of benzene rings is 1. The van der Waals surface area contributed by atoms with Crippen LogP contribution in [0.3, 0.4) is 0 Å². The Hall–Kier alpha value is -1.07. The van der Waals surface area contributed by atoms with Crippen molar-refractivity contribution in [3.05, 3.63) is 33.8 Å². The molecule has 1 heterocycles. The first-order valence-electron chi connectivity index (χ1n) is 9.83. The summed E-state index contributed by atoms with van der Waals surface area (Å²) < 4.78 is 6.79. The van der Waals surface area contributed by atoms with Crippen LogP contribution in [0.1, 0.15) is 65.5 Å². The summed E-state index contributed by atoms with van der Waals surface area (Å²) in [5.74, 6) is 0. The molecule has 0 spiro atoms. The third-order valence-electron chi connectivity index (χ3n) is 4.93. The van der Waals surface area contributed by atoms with Gasteiger partial charge in [0.1, 0.15) is 5.60 Å². The predicted octanol–water partition coefficient (Wildman–Crippen LogP) is 5.58. The average molecular weight is 439 g/mol. The fourth-order valence-corrected chi connectivity index (χ4v) is 3.88. The molecular weight excluding hydrogens is 404 g/mol. The standard InChI is InChI=1S/C22H35BrN2O2/c1-21(2,3)17-12-16(13-18(23)14-17)15-25(20(26)27-22(4,5)6)19-8-10-24(7)11-9-19/h12-14,19H,8-11,15H2,1-7H3. The van der Waals surface area contributed by atoms with Crippen LogP contribution in [0.5, 0.6) is 0 Å². The molecule has 0 bridgehead atoms. The molecule has 0 unspecified atom stereocenters. The van der Waals surface area contributed by atoms with Crippen molar-refractivity contribution in [2.24, 2.45) is 0 Å². The molecule has 4 nitrogen and oxygen atoms in total. The van der Waals surface area contributed by atoms with E-state index in [0.29, 0.717) is 6.54 Å². The third kappa shape index (κ3) is 6.79. The third-order valence-corrected chi connectivity index (χ3v) is 5.39. The number of halogens is 1. The van der Waals surface area contributed by atoms with Gasteiger partial charge in [-0.2, -0.15) is 0 Å². The summed E-state index contributed by atoms with van der Waals surface area (Å²) in [5.41, 5.74) is 1.97. The minimum Gasteiger partial charge on any atom is -0.444 e. The second-order valence-electron chi connectivity index (χ2n) is 9.74. The molecule has 0 N–H and O–H groups in total. The van der Waals surface area contributed by atoms with E-state index in [1.54, 1.807) is 0 Å². The summed E-state index contributed by atoms with van der Waals surface area (Å²) in [6, 6.07) is 6.71. The molecule has 1 amide bonds. The number of piperidine rings is 1. The molecule has 0 aliphatic carbocycles. The van der Waals surface area contributed by atoms with Gasteiger partial charge in [0, 0.05) is 17.1 Å². The van der Waals surface area contributed by atoms with Crippen LogP contribution in [0.2, 0.25) is 0 Å². The van der Waals surface area contributed by atoms with Crippen molar-refractivity contribution in [1.29, 1.82) is 0 Å². The highest BCUT2D eigenvalue weighted by atomic mass is 79.9. The number of nitrogens with zero attached hydrogens (tertiary/aromatic N) is 2. The Morgan fingerprint density at radius 1 is 1.15 bits per heavy atom. The molecule has 0 saturated carbocycles. The highest BCUT2D eigenvalue weighted by Crippen LogP contribution is 2.29. The van der Waals surface area contributed by atoms with Gasteiger partial charge in [0.15, 0.2) is 0 Å². The molecule has 0 atom stereocenters. The Morgan fingerprint density at radius 2 is 1.74 bits per heavy atom. The van der Waals surface area contributed by atoms with Crippen LogP contribution in [-0.4, -0.2) is 47.7 Å². The van der Waals surface area contributed by atoms with E-state index < -0.39 is 5.60 Å². The minimum atomic E-state index is -0.491. The molecule has 1 aromatic rings. The van der Waals surface area contributed by atoms with Crippen molar-refractivity contribution in [1.82, 2.24) is 9.80 Å². The smallest absolute Gasteiger partial charge is 0.410 e. The van der Waals surface area contributed by atoms with Gasteiger partial charge in [0.25, 0.3) is 0 Å². The molecule has 27 heavy (non-hydrogen) atoms. The monoisotopic (exact) mass is 438 g/mol. The second kappa shape index (κ2) is 8.52. The fourth-order valence-electron chi connectivity index (χ4n) is 3.34. The molecule has 1 aromatic carbocycles. The van der Waals surface area contributed by atoms with E-state index in [4.69, 9.17) is 4.74 Å². The maximum atomic E-state index is 13.0. The Bertz CT molecular complexity index is 653. The zero-order chi connectivity index (χ0) is 20.4. The van der Waals surface area contributed by atoms with E-state index in [1.807, 2.05) is 25.7 Å². The molecule has 1 fully saturated rings. The quantitative estimate of drug-likeness (QED) is 0.617. The Labute approximate surface area is 173 Å². The number of ether oxygens (including phenoxy) is 1. The Morgan fingerprint density at radius 3 is 2.26 bits per heavy atom. The lowest BCUT2D eigenvalue weighted by atomic mass is 9.86. The van der Waals surface area contributed by atoms with Crippen molar-refractivity contribution in [2.45, 2.75) is 78.0 Å². The molecule has 1 aliphatic rings. The minimum absolute atomic E-state index is 0.0584. The first kappa shape index (κ1) is 22.2. The van der Waals surface area contributed by atoms with Crippen LogP contribution >= 0.6 is 15.9 Å². The Balaban J connectivity index is 2.28. The fraction of sp³-hybridized carbons (Fsp3) is 0.682. The lowest BCUT2D eigenvalue weighted by Gasteiger charge is -2.38. The van der Waals surface area contributed by atoms with Gasteiger partial charge in [-0.3, -0.25) is 0 Å². The molecule has 1 saturated heterocycles. The van der Waals surface area contributed by atoms with E-state index in [2.05, 4.69) is 66.8 Å². The highest BCUT2D eigenvalue weighted by molar-refractivity contribution is 9.10. The van der Waals surface area contributed by atoms with Crippen LogP contribution in [-0.2, 0) is 16.7 Å². The summed E-state index contributed by atoms with van der Waals surface area (Å²) >= 11 is 3.64. The summed E-state index contributed by atoms with van der Waals surface area (Å²) in [7, 11) is 2.14. The summed E-state index contributed by atoms with van der Waals surface area (Å²) in [4.78, 5) is 17.2. The molecular formula is C22H35BrN2O2. The van der Waals surface area contributed by atoms with Crippen LogP contribution in [0.4, 0.5) is 4.79 Å². The first-order valence-corrected chi connectivity index (χ1v) is 10.6. The maximum absolute atomic E-state index is 13.0. The van der Waals surface area contributed by atoms with Crippen molar-refractivity contribution in [2.75, 3.05) is 20.1 Å². The van der Waals surface area contributed by atoms with E-state index in [1.165, 1.54) is 5.56 Å². The number of amides is 1. The van der Waals surface area contributed by atoms with Crippen LogP contribution in [0.15, 0.2) is 22.7 Å². The van der Waals surface area contributed by atoms with E-state index >= 15 is 0 Å². The number of rotatable bonds is 3. The normalized spacial score (nSPS) is 17.0.